The Bertz CT molecular complexity index is 973. The van der Waals surface area contributed by atoms with Crippen LogP contribution in [-0.4, -0.2) is 14.7 Å². The number of nitrogens with zero attached hydrogens (tertiary/aromatic N) is 1. The van der Waals surface area contributed by atoms with Crippen molar-refractivity contribution in [2.75, 3.05) is 0 Å². The smallest absolute Gasteiger partial charge is 0.417 e. The minimum absolute atomic E-state index is 0.0613. The van der Waals surface area contributed by atoms with Crippen LogP contribution in [0.15, 0.2) is 36.9 Å². The fraction of sp³-hybridized carbons (Fsp3) is 0.0667. The summed E-state index contributed by atoms with van der Waals surface area (Å²) in [4.78, 5) is 28.8. The molecule has 0 atom stereocenters. The molecule has 0 bridgehead atoms. The van der Waals surface area contributed by atoms with Gasteiger partial charge in [0.15, 0.2) is 0 Å². The monoisotopic (exact) mass is 423 g/mol. The van der Waals surface area contributed by atoms with Crippen molar-refractivity contribution in [3.8, 4) is 11.5 Å². The van der Waals surface area contributed by atoms with Crippen LogP contribution in [0.2, 0.25) is 5.02 Å². The second-order valence-electron chi connectivity index (χ2n) is 5.10. The highest BCUT2D eigenvalue weighted by atomic mass is 35.5. The number of benzene rings is 2. The third kappa shape index (κ3) is 4.48. The standard InChI is InChI=1S/C15H10ClF3NO6P/c1-2-8-7-9(3-5-11(8)20(21)22)26-12-6-4-10(15(17,18)19)14(13(12)16)27(23,24)25/h2-7H,1H2,(H2,23,24,25). The zero-order chi connectivity index (χ0) is 20.6. The summed E-state index contributed by atoms with van der Waals surface area (Å²) in [6, 6.07) is 4.62. The fourth-order valence-corrected chi connectivity index (χ4v) is 3.61. The van der Waals surface area contributed by atoms with Crippen LogP contribution in [0.5, 0.6) is 11.5 Å². The minimum Gasteiger partial charge on any atom is -0.456 e. The molecule has 0 saturated heterocycles. The number of nitro benzene ring substituents is 1. The first-order valence-electron chi connectivity index (χ1n) is 6.90. The van der Waals surface area contributed by atoms with Gasteiger partial charge in [0.25, 0.3) is 5.69 Å². The predicted molar refractivity (Wildman–Crippen MR) is 91.4 cm³/mol. The van der Waals surface area contributed by atoms with Crippen molar-refractivity contribution in [3.63, 3.8) is 0 Å². The van der Waals surface area contributed by atoms with Gasteiger partial charge >= 0.3 is 13.8 Å². The Morgan fingerprint density at radius 1 is 1.26 bits per heavy atom. The lowest BCUT2D eigenvalue weighted by molar-refractivity contribution is -0.385. The molecule has 0 aliphatic heterocycles. The van der Waals surface area contributed by atoms with Crippen LogP contribution in [0, 0.1) is 10.1 Å². The van der Waals surface area contributed by atoms with E-state index in [0.29, 0.717) is 6.07 Å². The molecule has 2 rings (SSSR count). The summed E-state index contributed by atoms with van der Waals surface area (Å²) in [5.74, 6) is -0.527. The molecule has 0 aliphatic rings. The van der Waals surface area contributed by atoms with Gasteiger partial charge in [-0.2, -0.15) is 13.2 Å². The number of hydrogen-bond donors (Lipinski definition) is 2. The molecule has 0 saturated carbocycles. The summed E-state index contributed by atoms with van der Waals surface area (Å²) in [6.45, 7) is 3.41. The predicted octanol–water partition coefficient (Wildman–Crippen LogP) is 4.51. The number of nitro groups is 1. The van der Waals surface area contributed by atoms with Gasteiger partial charge in [-0.15, -0.1) is 0 Å². The largest absolute Gasteiger partial charge is 0.456 e. The first-order chi connectivity index (χ1) is 12.4. The van der Waals surface area contributed by atoms with Gasteiger partial charge in [0, 0.05) is 6.07 Å². The zero-order valence-electron chi connectivity index (χ0n) is 13.1. The average molecular weight is 424 g/mol. The molecule has 2 aromatic rings. The highest BCUT2D eigenvalue weighted by Gasteiger charge is 2.41. The fourth-order valence-electron chi connectivity index (χ4n) is 2.19. The lowest BCUT2D eigenvalue weighted by atomic mass is 10.1. The topological polar surface area (TPSA) is 110 Å². The Morgan fingerprint density at radius 2 is 1.89 bits per heavy atom. The van der Waals surface area contributed by atoms with Crippen molar-refractivity contribution < 1.29 is 37.2 Å². The van der Waals surface area contributed by atoms with Gasteiger partial charge in [0.2, 0.25) is 0 Å². The maximum Gasteiger partial charge on any atom is 0.417 e. The number of rotatable bonds is 5. The Kier molecular flexibility index (Phi) is 5.67. The molecule has 0 aromatic heterocycles. The maximum absolute atomic E-state index is 13.0. The average Bonchev–Trinajstić information content (AvgIpc) is 2.53. The van der Waals surface area contributed by atoms with E-state index in [1.165, 1.54) is 12.1 Å². The van der Waals surface area contributed by atoms with Crippen LogP contribution in [0.1, 0.15) is 11.1 Å². The van der Waals surface area contributed by atoms with Crippen molar-refractivity contribution in [1.29, 1.82) is 0 Å². The number of hydrogen-bond acceptors (Lipinski definition) is 4. The van der Waals surface area contributed by atoms with Crippen molar-refractivity contribution in [2.24, 2.45) is 0 Å². The molecule has 0 heterocycles. The summed E-state index contributed by atoms with van der Waals surface area (Å²) in [6.07, 6.45) is -3.89. The Balaban J connectivity index is 2.57. The van der Waals surface area contributed by atoms with Crippen LogP contribution >= 0.6 is 19.2 Å². The molecule has 0 radical (unpaired) electrons. The van der Waals surface area contributed by atoms with Gasteiger partial charge in [-0.25, -0.2) is 0 Å². The Labute approximate surface area is 155 Å². The van der Waals surface area contributed by atoms with Crippen molar-refractivity contribution in [3.05, 3.63) is 63.2 Å². The van der Waals surface area contributed by atoms with Gasteiger partial charge in [0.1, 0.15) is 11.5 Å². The third-order valence-electron chi connectivity index (χ3n) is 3.32. The van der Waals surface area contributed by atoms with Gasteiger partial charge in [0.05, 0.1) is 26.4 Å². The molecule has 2 aromatic carbocycles. The maximum atomic E-state index is 13.0. The van der Waals surface area contributed by atoms with Crippen molar-refractivity contribution >= 4 is 36.3 Å². The van der Waals surface area contributed by atoms with E-state index in [1.54, 1.807) is 0 Å². The summed E-state index contributed by atoms with van der Waals surface area (Å²) in [5.41, 5.74) is -1.81. The summed E-state index contributed by atoms with van der Waals surface area (Å²) >= 11 is 5.76. The quantitative estimate of drug-likeness (QED) is 0.416. The van der Waals surface area contributed by atoms with Gasteiger partial charge in [-0.3, -0.25) is 14.7 Å². The van der Waals surface area contributed by atoms with E-state index in [0.717, 1.165) is 18.2 Å². The zero-order valence-corrected chi connectivity index (χ0v) is 14.8. The first kappa shape index (κ1) is 20.9. The molecular formula is C15H10ClF3NO6P. The van der Waals surface area contributed by atoms with Crippen LogP contribution < -0.4 is 10.0 Å². The van der Waals surface area contributed by atoms with Gasteiger partial charge in [-0.05, 0) is 24.3 Å². The molecule has 2 N–H and O–H groups in total. The van der Waals surface area contributed by atoms with E-state index in [1.807, 2.05) is 0 Å². The molecule has 0 spiro atoms. The second-order valence-corrected chi connectivity index (χ2v) is 7.01. The normalized spacial score (nSPS) is 11.9. The lowest BCUT2D eigenvalue weighted by Gasteiger charge is -2.18. The molecule has 0 fully saturated rings. The highest BCUT2D eigenvalue weighted by Crippen LogP contribution is 2.46. The number of halogens is 4. The van der Waals surface area contributed by atoms with E-state index in [4.69, 9.17) is 16.3 Å². The molecular weight excluding hydrogens is 414 g/mol. The van der Waals surface area contributed by atoms with Crippen molar-refractivity contribution in [2.45, 2.75) is 6.18 Å². The molecule has 0 unspecified atom stereocenters. The Hall–Kier alpha value is -2.39. The van der Waals surface area contributed by atoms with E-state index < -0.39 is 40.3 Å². The number of ether oxygens (including phenoxy) is 1. The van der Waals surface area contributed by atoms with Crippen LogP contribution in [-0.2, 0) is 10.7 Å². The SMILES string of the molecule is C=Cc1cc(Oc2ccc(C(F)(F)F)c(P(=O)(O)O)c2Cl)ccc1[N+](=O)[O-]. The van der Waals surface area contributed by atoms with E-state index in [2.05, 4.69) is 6.58 Å². The number of alkyl halides is 3. The van der Waals surface area contributed by atoms with E-state index >= 15 is 0 Å². The van der Waals surface area contributed by atoms with E-state index in [9.17, 15) is 37.6 Å². The molecule has 0 amide bonds. The molecule has 0 aliphatic carbocycles. The lowest BCUT2D eigenvalue weighted by Crippen LogP contribution is -2.21. The van der Waals surface area contributed by atoms with Crippen molar-refractivity contribution in [1.82, 2.24) is 0 Å². The molecule has 144 valence electrons. The molecule has 27 heavy (non-hydrogen) atoms. The van der Waals surface area contributed by atoms with Crippen LogP contribution in [0.4, 0.5) is 18.9 Å². The highest BCUT2D eigenvalue weighted by molar-refractivity contribution is 7.60. The molecule has 12 heteroatoms. The van der Waals surface area contributed by atoms with Gasteiger partial charge < -0.3 is 14.5 Å². The van der Waals surface area contributed by atoms with Crippen LogP contribution in [0.3, 0.4) is 0 Å². The molecule has 7 nitrogen and oxygen atoms in total. The van der Waals surface area contributed by atoms with Crippen LogP contribution in [0.25, 0.3) is 6.08 Å². The second kappa shape index (κ2) is 7.32. The minimum atomic E-state index is -5.40. The summed E-state index contributed by atoms with van der Waals surface area (Å²) in [5, 5.41) is 8.56. The third-order valence-corrected chi connectivity index (χ3v) is 4.87. The van der Waals surface area contributed by atoms with Gasteiger partial charge in [-0.1, -0.05) is 24.3 Å². The first-order valence-corrected chi connectivity index (χ1v) is 8.90. The summed E-state index contributed by atoms with van der Waals surface area (Å²) in [7, 11) is -5.40. The Morgan fingerprint density at radius 3 is 2.37 bits per heavy atom. The summed E-state index contributed by atoms with van der Waals surface area (Å²) < 4.78 is 55.8. The van der Waals surface area contributed by atoms with E-state index in [-0.39, 0.29) is 17.0 Å².